The van der Waals surface area contributed by atoms with Crippen molar-refractivity contribution in [2.45, 2.75) is 25.1 Å². The van der Waals surface area contributed by atoms with Gasteiger partial charge in [0.25, 0.3) is 0 Å². The van der Waals surface area contributed by atoms with E-state index in [2.05, 4.69) is 14.5 Å². The minimum Gasteiger partial charge on any atom is -0.355 e. The van der Waals surface area contributed by atoms with Crippen LogP contribution < -0.4 is 4.90 Å². The first-order valence-corrected chi connectivity index (χ1v) is 7.28. The predicted octanol–water partition coefficient (Wildman–Crippen LogP) is 3.79. The molecule has 0 aromatic carbocycles. The molecule has 8 heteroatoms. The summed E-state index contributed by atoms with van der Waals surface area (Å²) in [5.41, 5.74) is -0.824. The Balaban J connectivity index is 1.71. The number of halogens is 4. The Kier molecular flexibility index (Phi) is 3.99. The highest BCUT2D eigenvalue weighted by Crippen LogP contribution is 2.35. The monoisotopic (exact) mass is 330 g/mol. The van der Waals surface area contributed by atoms with Gasteiger partial charge >= 0.3 is 6.18 Å². The molecule has 0 saturated carbocycles. The molecule has 1 fully saturated rings. The Bertz CT molecular complexity index is 634. The molecule has 0 spiro atoms. The average Bonchev–Trinajstić information content (AvgIpc) is 3.01. The van der Waals surface area contributed by atoms with Crippen LogP contribution in [0.15, 0.2) is 31.0 Å². The quantitative estimate of drug-likeness (QED) is 0.840. The predicted molar refractivity (Wildman–Crippen MR) is 77.0 cm³/mol. The third-order valence-electron chi connectivity index (χ3n) is 3.86. The molecule has 1 aliphatic heterocycles. The van der Waals surface area contributed by atoms with Gasteiger partial charge in [-0.25, -0.2) is 9.97 Å². The number of hydrogen-bond donors (Lipinski definition) is 0. The standard InChI is InChI=1S/C14H14ClF3N4/c15-12-7-10(14(16,17)18)8-20-13(12)21-4-1-11(2-5-21)22-6-3-19-9-22/h3,6-9,11H,1-2,4-5H2. The topological polar surface area (TPSA) is 34.0 Å². The molecule has 0 aliphatic carbocycles. The highest BCUT2D eigenvalue weighted by atomic mass is 35.5. The molecule has 0 atom stereocenters. The fourth-order valence-corrected chi connectivity index (χ4v) is 2.97. The molecule has 118 valence electrons. The molecule has 0 amide bonds. The number of anilines is 1. The molecule has 0 bridgehead atoms. The number of rotatable bonds is 2. The summed E-state index contributed by atoms with van der Waals surface area (Å²) in [7, 11) is 0. The largest absolute Gasteiger partial charge is 0.417 e. The lowest BCUT2D eigenvalue weighted by Gasteiger charge is -2.33. The Morgan fingerprint density at radius 1 is 1.23 bits per heavy atom. The normalized spacial score (nSPS) is 17.0. The smallest absolute Gasteiger partial charge is 0.355 e. The number of piperidine rings is 1. The fourth-order valence-electron chi connectivity index (χ4n) is 2.68. The molecule has 1 saturated heterocycles. The van der Waals surface area contributed by atoms with Crippen LogP contribution in [0.3, 0.4) is 0 Å². The summed E-state index contributed by atoms with van der Waals surface area (Å²) >= 11 is 5.99. The van der Waals surface area contributed by atoms with Crippen molar-refractivity contribution in [2.24, 2.45) is 0 Å². The Labute approximate surface area is 130 Å². The maximum atomic E-state index is 12.6. The summed E-state index contributed by atoms with van der Waals surface area (Å²) in [6.07, 6.45) is 3.59. The maximum absolute atomic E-state index is 12.6. The van der Waals surface area contributed by atoms with Crippen molar-refractivity contribution in [2.75, 3.05) is 18.0 Å². The Morgan fingerprint density at radius 3 is 2.50 bits per heavy atom. The molecule has 0 N–H and O–H groups in total. The Hall–Kier alpha value is -1.76. The van der Waals surface area contributed by atoms with Gasteiger partial charge in [0.2, 0.25) is 0 Å². The molecule has 2 aromatic heterocycles. The molecule has 2 aromatic rings. The number of pyridine rings is 1. The van der Waals surface area contributed by atoms with Crippen molar-refractivity contribution in [3.8, 4) is 0 Å². The van der Waals surface area contributed by atoms with Crippen LogP contribution in [-0.2, 0) is 6.18 Å². The lowest BCUT2D eigenvalue weighted by Crippen LogP contribution is -2.35. The minimum absolute atomic E-state index is 0.0379. The molecule has 3 rings (SSSR count). The van der Waals surface area contributed by atoms with E-state index in [4.69, 9.17) is 11.6 Å². The highest BCUT2D eigenvalue weighted by molar-refractivity contribution is 6.33. The van der Waals surface area contributed by atoms with E-state index in [1.165, 1.54) is 0 Å². The van der Waals surface area contributed by atoms with Crippen molar-refractivity contribution in [1.82, 2.24) is 14.5 Å². The van der Waals surface area contributed by atoms with Crippen molar-refractivity contribution in [3.63, 3.8) is 0 Å². The zero-order valence-corrected chi connectivity index (χ0v) is 12.3. The zero-order valence-electron chi connectivity index (χ0n) is 11.6. The third kappa shape index (κ3) is 3.04. The van der Waals surface area contributed by atoms with E-state index < -0.39 is 11.7 Å². The van der Waals surface area contributed by atoms with Crippen molar-refractivity contribution < 1.29 is 13.2 Å². The van der Waals surface area contributed by atoms with Gasteiger partial charge in [-0.2, -0.15) is 13.2 Å². The van der Waals surface area contributed by atoms with Gasteiger partial charge in [-0.3, -0.25) is 0 Å². The van der Waals surface area contributed by atoms with E-state index in [1.807, 2.05) is 11.1 Å². The van der Waals surface area contributed by atoms with Crippen molar-refractivity contribution >= 4 is 17.4 Å². The number of aromatic nitrogens is 3. The van der Waals surface area contributed by atoms with Crippen molar-refractivity contribution in [3.05, 3.63) is 41.6 Å². The van der Waals surface area contributed by atoms with E-state index >= 15 is 0 Å². The molecule has 3 heterocycles. The van der Waals surface area contributed by atoms with Gasteiger partial charge < -0.3 is 9.47 Å². The second-order valence-electron chi connectivity index (χ2n) is 5.26. The van der Waals surface area contributed by atoms with Gasteiger partial charge in [0.15, 0.2) is 0 Å². The summed E-state index contributed by atoms with van der Waals surface area (Å²) in [6.45, 7) is 1.39. The second-order valence-corrected chi connectivity index (χ2v) is 5.66. The van der Waals surface area contributed by atoms with Crippen LogP contribution in [0.1, 0.15) is 24.4 Å². The highest BCUT2D eigenvalue weighted by Gasteiger charge is 2.32. The van der Waals surface area contributed by atoms with Crippen LogP contribution in [0.2, 0.25) is 5.02 Å². The van der Waals surface area contributed by atoms with Crippen LogP contribution in [0.25, 0.3) is 0 Å². The minimum atomic E-state index is -4.43. The number of nitrogens with zero attached hydrogens (tertiary/aromatic N) is 4. The lowest BCUT2D eigenvalue weighted by atomic mass is 10.0. The SMILES string of the molecule is FC(F)(F)c1cnc(N2CCC(n3ccnc3)CC2)c(Cl)c1. The summed E-state index contributed by atoms with van der Waals surface area (Å²) in [5.74, 6) is 0.416. The molecular weight excluding hydrogens is 317 g/mol. The molecular formula is C14H14ClF3N4. The van der Waals surface area contributed by atoms with Crippen molar-refractivity contribution in [1.29, 1.82) is 0 Å². The van der Waals surface area contributed by atoms with Gasteiger partial charge in [0.05, 0.1) is 16.9 Å². The van der Waals surface area contributed by atoms with Gasteiger partial charge in [0, 0.05) is 37.7 Å². The van der Waals surface area contributed by atoms with Crippen LogP contribution in [-0.4, -0.2) is 27.6 Å². The summed E-state index contributed by atoms with van der Waals surface area (Å²) in [5, 5.41) is 0.0379. The van der Waals surface area contributed by atoms with Crippen LogP contribution in [0, 0.1) is 0 Å². The average molecular weight is 331 g/mol. The van der Waals surface area contributed by atoms with E-state index in [0.29, 0.717) is 24.9 Å². The summed E-state index contributed by atoms with van der Waals surface area (Å²) < 4.78 is 39.9. The van der Waals surface area contributed by atoms with Gasteiger partial charge in [-0.05, 0) is 18.9 Å². The maximum Gasteiger partial charge on any atom is 0.417 e. The van der Waals surface area contributed by atoms with E-state index in [0.717, 1.165) is 25.1 Å². The molecule has 4 nitrogen and oxygen atoms in total. The molecule has 0 unspecified atom stereocenters. The van der Waals surface area contributed by atoms with Gasteiger partial charge in [0.1, 0.15) is 5.82 Å². The molecule has 0 radical (unpaired) electrons. The summed E-state index contributed by atoms with van der Waals surface area (Å²) in [4.78, 5) is 9.87. The van der Waals surface area contributed by atoms with Crippen LogP contribution >= 0.6 is 11.6 Å². The zero-order chi connectivity index (χ0) is 15.7. The Morgan fingerprint density at radius 2 is 1.95 bits per heavy atom. The first-order valence-electron chi connectivity index (χ1n) is 6.90. The van der Waals surface area contributed by atoms with Crippen LogP contribution in [0.5, 0.6) is 0 Å². The van der Waals surface area contributed by atoms with E-state index in [-0.39, 0.29) is 5.02 Å². The van der Waals surface area contributed by atoms with E-state index in [1.54, 1.807) is 12.5 Å². The third-order valence-corrected chi connectivity index (χ3v) is 4.14. The summed E-state index contributed by atoms with van der Waals surface area (Å²) in [6, 6.07) is 1.29. The number of imidazole rings is 1. The van der Waals surface area contributed by atoms with Gasteiger partial charge in [-0.15, -0.1) is 0 Å². The number of hydrogen-bond acceptors (Lipinski definition) is 3. The van der Waals surface area contributed by atoms with E-state index in [9.17, 15) is 13.2 Å². The van der Waals surface area contributed by atoms with Crippen LogP contribution in [0.4, 0.5) is 19.0 Å². The second kappa shape index (κ2) is 5.79. The lowest BCUT2D eigenvalue weighted by molar-refractivity contribution is -0.137. The first-order chi connectivity index (χ1) is 10.4. The first kappa shape index (κ1) is 15.1. The molecule has 22 heavy (non-hydrogen) atoms. The molecule has 1 aliphatic rings. The van der Waals surface area contributed by atoms with Gasteiger partial charge in [-0.1, -0.05) is 11.6 Å². The number of alkyl halides is 3. The fraction of sp³-hybridized carbons (Fsp3) is 0.429.